The van der Waals surface area contributed by atoms with E-state index in [1.807, 2.05) is 13.8 Å². The Morgan fingerprint density at radius 2 is 1.70 bits per heavy atom. The number of carboxylic acids is 1. The van der Waals surface area contributed by atoms with Gasteiger partial charge in [-0.15, -0.1) is 0 Å². The summed E-state index contributed by atoms with van der Waals surface area (Å²) >= 11 is 0. The van der Waals surface area contributed by atoms with E-state index in [-0.39, 0.29) is 18.4 Å². The van der Waals surface area contributed by atoms with E-state index < -0.39 is 30.0 Å². The van der Waals surface area contributed by atoms with Crippen LogP contribution in [0, 0.1) is 0 Å². The second-order valence-electron chi connectivity index (χ2n) is 9.29. The van der Waals surface area contributed by atoms with Crippen LogP contribution in [0.25, 0.3) is 0 Å². The number of amidine groups is 1. The van der Waals surface area contributed by atoms with Gasteiger partial charge in [0.15, 0.2) is 18.2 Å². The molecule has 0 fully saturated rings. The molecule has 3 aromatic carbocycles. The molecule has 0 spiro atoms. The predicted octanol–water partition coefficient (Wildman–Crippen LogP) is 3.79. The maximum absolute atomic E-state index is 13.4. The van der Waals surface area contributed by atoms with Gasteiger partial charge in [-0.25, -0.2) is 9.79 Å². The number of fused-ring (bicyclic) bond motifs is 5. The van der Waals surface area contributed by atoms with Gasteiger partial charge in [-0.2, -0.15) is 13.2 Å². The van der Waals surface area contributed by atoms with Crippen molar-refractivity contribution in [2.24, 2.45) is 10.7 Å². The molecule has 3 aromatic rings. The summed E-state index contributed by atoms with van der Waals surface area (Å²) in [6, 6.07) is 18.2. The maximum atomic E-state index is 13.4. The summed E-state index contributed by atoms with van der Waals surface area (Å²) in [6.07, 6.45) is -5.18. The normalized spacial score (nSPS) is 15.2. The minimum absolute atomic E-state index is 0.0370. The number of nitrogens with two attached hydrogens (primary N) is 1. The zero-order chi connectivity index (χ0) is 32.4. The highest BCUT2D eigenvalue weighted by Gasteiger charge is 2.38. The molecule has 44 heavy (non-hydrogen) atoms. The number of carbonyl (C=O) groups is 3. The smallest absolute Gasteiger partial charge is 0.490 e. The number of aliphatic carboxylic acids is 1. The Kier molecular flexibility index (Phi) is 11.0. The van der Waals surface area contributed by atoms with E-state index >= 15 is 0 Å². The first-order valence-electron chi connectivity index (χ1n) is 12.9. The number of ether oxygens (including phenoxy) is 3. The quantitative estimate of drug-likeness (QED) is 0.267. The van der Waals surface area contributed by atoms with Gasteiger partial charge in [0.25, 0.3) is 11.8 Å². The average Bonchev–Trinajstić information content (AvgIpc) is 3.00. The Morgan fingerprint density at radius 3 is 2.32 bits per heavy atom. The van der Waals surface area contributed by atoms with Gasteiger partial charge >= 0.3 is 12.1 Å². The van der Waals surface area contributed by atoms with Crippen molar-refractivity contribution in [3.05, 3.63) is 83.4 Å². The lowest BCUT2D eigenvalue weighted by Gasteiger charge is -2.22. The number of rotatable bonds is 5. The number of methoxy groups -OCH3 is 1. The van der Waals surface area contributed by atoms with Crippen molar-refractivity contribution < 1.29 is 46.9 Å². The van der Waals surface area contributed by atoms with E-state index in [1.54, 1.807) is 66.7 Å². The summed E-state index contributed by atoms with van der Waals surface area (Å²) < 4.78 is 48.7. The number of amides is 2. The minimum Gasteiger partial charge on any atom is -0.496 e. The number of hydrogen-bond acceptors (Lipinski definition) is 9. The van der Waals surface area contributed by atoms with E-state index in [9.17, 15) is 22.8 Å². The first-order valence-corrected chi connectivity index (χ1v) is 12.9. The van der Waals surface area contributed by atoms with Gasteiger partial charge in [-0.3, -0.25) is 20.4 Å². The second kappa shape index (κ2) is 14.6. The van der Waals surface area contributed by atoms with Crippen molar-refractivity contribution in [1.82, 2.24) is 10.9 Å². The number of nitrogens with one attached hydrogen (secondary N) is 3. The van der Waals surface area contributed by atoms with E-state index in [4.69, 9.17) is 29.8 Å². The molecule has 0 aromatic heterocycles. The number of hydrazine groups is 1. The van der Waals surface area contributed by atoms with Crippen molar-refractivity contribution in [2.75, 3.05) is 19.2 Å². The molecule has 1 unspecified atom stereocenters. The zero-order valence-corrected chi connectivity index (χ0v) is 23.8. The van der Waals surface area contributed by atoms with Crippen LogP contribution in [0.5, 0.6) is 17.2 Å². The number of nitrogens with zero attached hydrogens (tertiary/aromatic N) is 1. The topological polar surface area (TPSA) is 174 Å². The van der Waals surface area contributed by atoms with Gasteiger partial charge < -0.3 is 30.4 Å². The third-order valence-electron chi connectivity index (χ3n) is 5.77. The maximum Gasteiger partial charge on any atom is 0.490 e. The van der Waals surface area contributed by atoms with E-state index in [1.165, 1.54) is 7.11 Å². The Bertz CT molecular complexity index is 1510. The SMILES string of the molecule is COc1ccccc1C(=O)NNC(=O)C1Nc2ccc(cc2)/C(N)=N\COc2cc1ccc2OC(C)C.O=C(O)C(F)(F)F. The molecule has 15 heteroatoms. The van der Waals surface area contributed by atoms with Crippen molar-refractivity contribution in [3.8, 4) is 17.2 Å². The minimum atomic E-state index is -5.08. The summed E-state index contributed by atoms with van der Waals surface area (Å²) in [4.78, 5) is 39.3. The molecule has 4 bridgehead atoms. The van der Waals surface area contributed by atoms with Crippen molar-refractivity contribution in [2.45, 2.75) is 32.2 Å². The number of carboxylic acid groups (broad SMARTS) is 1. The van der Waals surface area contributed by atoms with Crippen LogP contribution >= 0.6 is 0 Å². The monoisotopic (exact) mass is 617 g/mol. The standard InChI is InChI=1S/C27H29N5O5.C2HF3O2/c1-16(2)37-22-13-10-18-14-23(22)36-15-29-25(28)17-8-11-19(12-9-17)30-24(18)27(34)32-31-26(33)20-6-4-5-7-21(20)35-3;3-2(4,5)1(6)7/h4-14,16,24,30H,15H2,1-3H3,(H2,28,29)(H,31,33)(H,32,34);(H,6,7). The molecule has 0 saturated carbocycles. The zero-order valence-electron chi connectivity index (χ0n) is 23.8. The molecular formula is C29H30F3N5O7. The molecular weight excluding hydrogens is 587 g/mol. The molecule has 0 radical (unpaired) electrons. The van der Waals surface area contributed by atoms with Crippen LogP contribution < -0.4 is 36.1 Å². The van der Waals surface area contributed by atoms with E-state index in [2.05, 4.69) is 21.2 Å². The number of alkyl halides is 3. The van der Waals surface area contributed by atoms with Gasteiger partial charge in [-0.1, -0.05) is 18.2 Å². The lowest BCUT2D eigenvalue weighted by molar-refractivity contribution is -0.192. The lowest BCUT2D eigenvalue weighted by atomic mass is 10.0. The molecule has 12 nitrogen and oxygen atoms in total. The third-order valence-corrected chi connectivity index (χ3v) is 5.77. The molecule has 5 rings (SSSR count). The summed E-state index contributed by atoms with van der Waals surface area (Å²) in [7, 11) is 1.47. The Morgan fingerprint density at radius 1 is 1.05 bits per heavy atom. The fraction of sp³-hybridized carbons (Fsp3) is 0.241. The summed E-state index contributed by atoms with van der Waals surface area (Å²) in [5, 5.41) is 10.3. The van der Waals surface area contributed by atoms with Crippen LogP contribution in [-0.2, 0) is 9.59 Å². The summed E-state index contributed by atoms with van der Waals surface area (Å²) in [5.41, 5.74) is 13.3. The first-order chi connectivity index (χ1) is 20.8. The fourth-order valence-corrected chi connectivity index (χ4v) is 3.73. The van der Waals surface area contributed by atoms with Crippen LogP contribution in [0.1, 0.15) is 41.4 Å². The molecule has 0 saturated heterocycles. The number of halogens is 3. The Labute approximate surface area is 250 Å². The lowest BCUT2D eigenvalue weighted by Crippen LogP contribution is -2.45. The van der Waals surface area contributed by atoms with Gasteiger partial charge in [0, 0.05) is 11.3 Å². The Balaban J connectivity index is 0.000000676. The van der Waals surface area contributed by atoms with Crippen LogP contribution in [-0.4, -0.2) is 54.8 Å². The molecule has 2 aliphatic heterocycles. The van der Waals surface area contributed by atoms with Crippen molar-refractivity contribution in [3.63, 3.8) is 0 Å². The molecule has 2 aliphatic rings. The third kappa shape index (κ3) is 9.01. The van der Waals surface area contributed by atoms with Crippen molar-refractivity contribution >= 4 is 29.3 Å². The second-order valence-corrected chi connectivity index (χ2v) is 9.29. The molecule has 2 amide bonds. The van der Waals surface area contributed by atoms with E-state index in [0.717, 1.165) is 0 Å². The van der Waals surface area contributed by atoms with Crippen LogP contribution in [0.3, 0.4) is 0 Å². The predicted molar refractivity (Wildman–Crippen MR) is 154 cm³/mol. The molecule has 6 N–H and O–H groups in total. The number of anilines is 1. The molecule has 234 valence electrons. The molecule has 0 aliphatic carbocycles. The summed E-state index contributed by atoms with van der Waals surface area (Å²) in [6.45, 7) is 3.77. The average molecular weight is 618 g/mol. The number of hydrogen-bond donors (Lipinski definition) is 5. The van der Waals surface area contributed by atoms with Crippen LogP contribution in [0.4, 0.5) is 18.9 Å². The number of para-hydroxylation sites is 1. The van der Waals surface area contributed by atoms with Crippen LogP contribution in [0.15, 0.2) is 71.7 Å². The fourth-order valence-electron chi connectivity index (χ4n) is 3.73. The first kappa shape index (κ1) is 33.0. The summed E-state index contributed by atoms with van der Waals surface area (Å²) in [5.74, 6) is -2.15. The van der Waals surface area contributed by atoms with Gasteiger partial charge in [0.1, 0.15) is 17.6 Å². The highest BCUT2D eigenvalue weighted by molar-refractivity contribution is 5.99. The van der Waals surface area contributed by atoms with Gasteiger partial charge in [0.05, 0.1) is 18.8 Å². The van der Waals surface area contributed by atoms with Gasteiger partial charge in [0.2, 0.25) is 0 Å². The molecule has 2 heterocycles. The number of benzene rings is 3. The van der Waals surface area contributed by atoms with E-state index in [0.29, 0.717) is 39.9 Å². The highest BCUT2D eigenvalue weighted by Crippen LogP contribution is 2.33. The largest absolute Gasteiger partial charge is 0.496 e. The number of aliphatic imine (C=N–C) groups is 1. The Hall–Kier alpha value is -5.47. The number of carbonyl (C=O) groups excluding carboxylic acids is 2. The molecule has 1 atom stereocenters. The highest BCUT2D eigenvalue weighted by atomic mass is 19.4. The van der Waals surface area contributed by atoms with Crippen molar-refractivity contribution in [1.29, 1.82) is 0 Å². The van der Waals surface area contributed by atoms with Gasteiger partial charge in [-0.05, 0) is 67.9 Å². The van der Waals surface area contributed by atoms with Crippen LogP contribution in [0.2, 0.25) is 0 Å².